The van der Waals surface area contributed by atoms with Crippen LogP contribution >= 0.6 is 0 Å². The molecule has 146 valence electrons. The Balaban J connectivity index is 1.87. The number of pyridine rings is 1. The predicted molar refractivity (Wildman–Crippen MR) is 102 cm³/mol. The minimum absolute atomic E-state index is 0.0570. The molecular weight excluding hydrogens is 360 g/mol. The summed E-state index contributed by atoms with van der Waals surface area (Å²) in [7, 11) is 0. The summed E-state index contributed by atoms with van der Waals surface area (Å²) in [6.45, 7) is 4.40. The van der Waals surface area contributed by atoms with Gasteiger partial charge >= 0.3 is 5.97 Å². The van der Waals surface area contributed by atoms with E-state index in [2.05, 4.69) is 10.1 Å². The molecule has 1 unspecified atom stereocenters. The average Bonchev–Trinajstić information content (AvgIpc) is 3.36. The van der Waals surface area contributed by atoms with Crippen LogP contribution < -0.4 is 0 Å². The second-order valence-corrected chi connectivity index (χ2v) is 7.30. The highest BCUT2D eigenvalue weighted by Gasteiger charge is 2.34. The number of carboxylic acids is 1. The molecule has 4 heterocycles. The predicted octanol–water partition coefficient (Wildman–Crippen LogP) is 3.35. The number of piperidine rings is 1. The minimum atomic E-state index is -0.970. The van der Waals surface area contributed by atoms with Gasteiger partial charge < -0.3 is 14.4 Å². The molecule has 0 radical (unpaired) electrons. The lowest BCUT2D eigenvalue weighted by Gasteiger charge is -2.33. The van der Waals surface area contributed by atoms with Gasteiger partial charge in [0.1, 0.15) is 11.7 Å². The van der Waals surface area contributed by atoms with E-state index in [1.807, 2.05) is 13.8 Å². The number of hydrogen-bond acceptors (Lipinski definition) is 5. The Hall–Kier alpha value is -3.16. The van der Waals surface area contributed by atoms with Crippen LogP contribution in [0.3, 0.4) is 0 Å². The first-order chi connectivity index (χ1) is 13.5. The van der Waals surface area contributed by atoms with Gasteiger partial charge in [-0.15, -0.1) is 0 Å². The van der Waals surface area contributed by atoms with Crippen molar-refractivity contribution in [2.24, 2.45) is 0 Å². The number of fused-ring (bicyclic) bond motifs is 1. The van der Waals surface area contributed by atoms with E-state index in [4.69, 9.17) is 4.42 Å². The molecule has 1 atom stereocenters. The van der Waals surface area contributed by atoms with E-state index < -0.39 is 12.0 Å². The maximum Gasteiger partial charge on any atom is 0.326 e. The Morgan fingerprint density at radius 2 is 2.14 bits per heavy atom. The topological polar surface area (TPSA) is 101 Å². The number of aliphatic carboxylic acids is 1. The Morgan fingerprint density at radius 1 is 1.32 bits per heavy atom. The number of furan rings is 1. The molecule has 0 saturated carbocycles. The highest BCUT2D eigenvalue weighted by Crippen LogP contribution is 2.29. The quantitative estimate of drug-likeness (QED) is 0.742. The van der Waals surface area contributed by atoms with E-state index in [9.17, 15) is 14.7 Å². The van der Waals surface area contributed by atoms with Gasteiger partial charge in [-0.05, 0) is 51.3 Å². The van der Waals surface area contributed by atoms with E-state index in [0.717, 1.165) is 12.8 Å². The molecule has 28 heavy (non-hydrogen) atoms. The summed E-state index contributed by atoms with van der Waals surface area (Å²) in [4.78, 5) is 31.2. The number of nitrogens with zero attached hydrogens (tertiary/aromatic N) is 4. The van der Waals surface area contributed by atoms with Gasteiger partial charge in [-0.3, -0.25) is 4.79 Å². The third-order valence-electron chi connectivity index (χ3n) is 5.11. The number of hydrogen-bond donors (Lipinski definition) is 1. The fraction of sp³-hybridized carbons (Fsp3) is 0.400. The molecule has 3 aromatic heterocycles. The molecule has 8 heteroatoms. The van der Waals surface area contributed by atoms with Crippen molar-refractivity contribution in [3.8, 4) is 11.5 Å². The fourth-order valence-electron chi connectivity index (χ4n) is 3.71. The first-order valence-electron chi connectivity index (χ1n) is 9.43. The van der Waals surface area contributed by atoms with Crippen LogP contribution in [-0.4, -0.2) is 49.2 Å². The molecule has 1 aliphatic heterocycles. The highest BCUT2D eigenvalue weighted by atomic mass is 16.4. The van der Waals surface area contributed by atoms with Crippen molar-refractivity contribution in [2.75, 3.05) is 6.54 Å². The van der Waals surface area contributed by atoms with Gasteiger partial charge in [0.15, 0.2) is 11.4 Å². The number of rotatable bonds is 4. The largest absolute Gasteiger partial charge is 0.480 e. The number of aromatic nitrogens is 3. The zero-order chi connectivity index (χ0) is 19.8. The number of likely N-dealkylation sites (tertiary alicyclic amines) is 1. The van der Waals surface area contributed by atoms with Gasteiger partial charge in [0.25, 0.3) is 5.91 Å². The summed E-state index contributed by atoms with van der Waals surface area (Å²) in [6.07, 6.45) is 5.23. The van der Waals surface area contributed by atoms with Gasteiger partial charge in [0, 0.05) is 12.6 Å². The summed E-state index contributed by atoms with van der Waals surface area (Å²) in [5.74, 6) is -0.737. The standard InChI is InChI=1S/C20H22N4O4/c1-12(2)24-18-14(11-21-24)13(10-15(22-18)17-7-5-9-28-17)19(25)23-8-4-3-6-16(23)20(26)27/h5,7,9-12,16H,3-4,6,8H2,1-2H3,(H,26,27). The average molecular weight is 382 g/mol. The lowest BCUT2D eigenvalue weighted by atomic mass is 10.00. The number of amides is 1. The lowest BCUT2D eigenvalue weighted by Crippen LogP contribution is -2.48. The normalized spacial score (nSPS) is 17.4. The monoisotopic (exact) mass is 382 g/mol. The fourth-order valence-corrected chi connectivity index (χ4v) is 3.71. The molecule has 0 bridgehead atoms. The molecule has 0 aromatic carbocycles. The lowest BCUT2D eigenvalue weighted by molar-refractivity contribution is -0.143. The molecule has 0 aliphatic carbocycles. The molecule has 3 aromatic rings. The van der Waals surface area contributed by atoms with Crippen LogP contribution in [0.2, 0.25) is 0 Å². The SMILES string of the molecule is CC(C)n1ncc2c(C(=O)N3CCCCC3C(=O)O)cc(-c3ccco3)nc21. The van der Waals surface area contributed by atoms with E-state index in [-0.39, 0.29) is 11.9 Å². The van der Waals surface area contributed by atoms with E-state index in [1.165, 1.54) is 4.90 Å². The summed E-state index contributed by atoms with van der Waals surface area (Å²) in [5, 5.41) is 14.6. The summed E-state index contributed by atoms with van der Waals surface area (Å²) < 4.78 is 7.23. The van der Waals surface area contributed by atoms with Crippen LogP contribution in [0.5, 0.6) is 0 Å². The third kappa shape index (κ3) is 3.04. The van der Waals surface area contributed by atoms with Crippen LogP contribution in [0.4, 0.5) is 0 Å². The maximum absolute atomic E-state index is 13.4. The molecule has 1 N–H and O–H groups in total. The van der Waals surface area contributed by atoms with Crippen molar-refractivity contribution in [3.05, 3.63) is 36.2 Å². The Kier molecular flexibility index (Phi) is 4.62. The third-order valence-corrected chi connectivity index (χ3v) is 5.11. The summed E-state index contributed by atoms with van der Waals surface area (Å²) in [6, 6.07) is 4.45. The molecule has 1 fully saturated rings. The van der Waals surface area contributed by atoms with Crippen molar-refractivity contribution in [1.29, 1.82) is 0 Å². The maximum atomic E-state index is 13.4. The summed E-state index contributed by atoms with van der Waals surface area (Å²) in [5.41, 5.74) is 1.50. The minimum Gasteiger partial charge on any atom is -0.480 e. The zero-order valence-corrected chi connectivity index (χ0v) is 15.8. The van der Waals surface area contributed by atoms with E-state index in [1.54, 1.807) is 35.3 Å². The second-order valence-electron chi connectivity index (χ2n) is 7.30. The van der Waals surface area contributed by atoms with Crippen LogP contribution in [0.15, 0.2) is 35.1 Å². The molecule has 4 rings (SSSR count). The molecule has 0 spiro atoms. The van der Waals surface area contributed by atoms with Crippen molar-refractivity contribution >= 4 is 22.9 Å². The van der Waals surface area contributed by atoms with Crippen molar-refractivity contribution in [3.63, 3.8) is 0 Å². The van der Waals surface area contributed by atoms with Crippen molar-refractivity contribution in [1.82, 2.24) is 19.7 Å². The molecule has 1 aliphatic rings. The smallest absolute Gasteiger partial charge is 0.326 e. The summed E-state index contributed by atoms with van der Waals surface area (Å²) >= 11 is 0. The number of carbonyl (C=O) groups is 2. The van der Waals surface area contributed by atoms with Gasteiger partial charge in [-0.2, -0.15) is 5.10 Å². The van der Waals surface area contributed by atoms with Gasteiger partial charge in [-0.25, -0.2) is 14.5 Å². The van der Waals surface area contributed by atoms with E-state index in [0.29, 0.717) is 41.0 Å². The van der Waals surface area contributed by atoms with Gasteiger partial charge in [0.05, 0.1) is 23.4 Å². The highest BCUT2D eigenvalue weighted by molar-refractivity contribution is 6.07. The molecule has 8 nitrogen and oxygen atoms in total. The Bertz CT molecular complexity index is 1020. The van der Waals surface area contributed by atoms with Crippen LogP contribution in [0.25, 0.3) is 22.5 Å². The van der Waals surface area contributed by atoms with E-state index >= 15 is 0 Å². The molecule has 1 amide bonds. The first-order valence-corrected chi connectivity index (χ1v) is 9.43. The molecule has 1 saturated heterocycles. The first kappa shape index (κ1) is 18.2. The Morgan fingerprint density at radius 3 is 2.82 bits per heavy atom. The van der Waals surface area contributed by atoms with Crippen LogP contribution in [0, 0.1) is 0 Å². The second kappa shape index (κ2) is 7.10. The number of carboxylic acid groups (broad SMARTS) is 1. The van der Waals surface area contributed by atoms with Gasteiger partial charge in [0.2, 0.25) is 0 Å². The van der Waals surface area contributed by atoms with Crippen molar-refractivity contribution in [2.45, 2.75) is 45.2 Å². The Labute approximate surface area is 161 Å². The van der Waals surface area contributed by atoms with Crippen LogP contribution in [0.1, 0.15) is 49.5 Å². The van der Waals surface area contributed by atoms with Gasteiger partial charge in [-0.1, -0.05) is 0 Å². The zero-order valence-electron chi connectivity index (χ0n) is 15.8. The van der Waals surface area contributed by atoms with Crippen molar-refractivity contribution < 1.29 is 19.1 Å². The van der Waals surface area contributed by atoms with Crippen LogP contribution in [-0.2, 0) is 4.79 Å². The molecular formula is C20H22N4O4. The number of carbonyl (C=O) groups excluding carboxylic acids is 1.